The van der Waals surface area contributed by atoms with E-state index in [0.29, 0.717) is 18.8 Å². The van der Waals surface area contributed by atoms with Crippen LogP contribution < -0.4 is 10.5 Å². The van der Waals surface area contributed by atoms with Crippen LogP contribution >= 0.6 is 0 Å². The van der Waals surface area contributed by atoms with Crippen LogP contribution in [0.15, 0.2) is 18.2 Å². The molecule has 1 atom stereocenters. The zero-order valence-corrected chi connectivity index (χ0v) is 10.3. The zero-order valence-electron chi connectivity index (χ0n) is 10.3. The monoisotopic (exact) mass is 237 g/mol. The van der Waals surface area contributed by atoms with E-state index in [4.69, 9.17) is 10.5 Å². The number of benzene rings is 1. The fourth-order valence-electron chi connectivity index (χ4n) is 1.96. The predicted octanol–water partition coefficient (Wildman–Crippen LogP) is 2.89. The maximum Gasteiger partial charge on any atom is 0.165 e. The topological polar surface area (TPSA) is 35.2 Å². The summed E-state index contributed by atoms with van der Waals surface area (Å²) in [6, 6.07) is 5.05. The molecule has 17 heavy (non-hydrogen) atoms. The maximum atomic E-state index is 13.7. The summed E-state index contributed by atoms with van der Waals surface area (Å²) in [5.41, 5.74) is 6.62. The second-order valence-electron chi connectivity index (χ2n) is 4.99. The molecule has 0 heterocycles. The minimum absolute atomic E-state index is 0.0163. The average molecular weight is 237 g/mol. The van der Waals surface area contributed by atoms with Crippen molar-refractivity contribution in [1.29, 1.82) is 0 Å². The molecule has 2 rings (SSSR count). The molecular formula is C14H20FNO. The first kappa shape index (κ1) is 12.4. The van der Waals surface area contributed by atoms with Gasteiger partial charge in [-0.05, 0) is 37.3 Å². The van der Waals surface area contributed by atoms with Gasteiger partial charge in [0, 0.05) is 6.04 Å². The Morgan fingerprint density at radius 1 is 1.47 bits per heavy atom. The second-order valence-corrected chi connectivity index (χ2v) is 4.99. The largest absolute Gasteiger partial charge is 0.490 e. The molecule has 3 heteroatoms. The van der Waals surface area contributed by atoms with Crippen molar-refractivity contribution in [3.63, 3.8) is 0 Å². The van der Waals surface area contributed by atoms with E-state index in [1.807, 2.05) is 13.0 Å². The van der Waals surface area contributed by atoms with E-state index in [1.54, 1.807) is 6.07 Å². The number of rotatable bonds is 6. The van der Waals surface area contributed by atoms with Crippen molar-refractivity contribution in [1.82, 2.24) is 0 Å². The Kier molecular flexibility index (Phi) is 4.00. The van der Waals surface area contributed by atoms with Crippen molar-refractivity contribution in [2.75, 3.05) is 6.61 Å². The van der Waals surface area contributed by atoms with E-state index in [2.05, 4.69) is 0 Å². The average Bonchev–Trinajstić information content (AvgIpc) is 3.05. The summed E-state index contributed by atoms with van der Waals surface area (Å²) in [4.78, 5) is 0. The molecule has 2 nitrogen and oxygen atoms in total. The first-order valence-electron chi connectivity index (χ1n) is 6.32. The quantitative estimate of drug-likeness (QED) is 0.825. The highest BCUT2D eigenvalue weighted by Gasteiger charge is 2.21. The zero-order chi connectivity index (χ0) is 12.3. The van der Waals surface area contributed by atoms with Gasteiger partial charge in [0.05, 0.1) is 6.61 Å². The van der Waals surface area contributed by atoms with Gasteiger partial charge in [-0.1, -0.05) is 25.0 Å². The number of hydrogen-bond acceptors (Lipinski definition) is 2. The normalized spacial score (nSPS) is 16.9. The maximum absolute atomic E-state index is 13.7. The number of ether oxygens (including phenoxy) is 1. The molecule has 0 aliphatic heterocycles. The van der Waals surface area contributed by atoms with Gasteiger partial charge >= 0.3 is 0 Å². The standard InChI is InChI=1S/C14H20FNO/c1-10(16)9-12-3-2-4-13(15)14(12)17-8-7-11-5-6-11/h2-4,10-11H,5-9,16H2,1H3. The molecule has 0 spiro atoms. The summed E-state index contributed by atoms with van der Waals surface area (Å²) in [7, 11) is 0. The van der Waals surface area contributed by atoms with Crippen LogP contribution in [0.1, 0.15) is 31.7 Å². The molecule has 1 aliphatic rings. The van der Waals surface area contributed by atoms with Crippen LogP contribution in [0.4, 0.5) is 4.39 Å². The van der Waals surface area contributed by atoms with Crippen molar-refractivity contribution < 1.29 is 9.13 Å². The Labute approximate surface area is 102 Å². The number of halogens is 1. The van der Waals surface area contributed by atoms with Crippen LogP contribution in [0, 0.1) is 11.7 Å². The van der Waals surface area contributed by atoms with Gasteiger partial charge in [0.2, 0.25) is 0 Å². The van der Waals surface area contributed by atoms with Crippen LogP contribution in [0.3, 0.4) is 0 Å². The van der Waals surface area contributed by atoms with Gasteiger partial charge in [-0.15, -0.1) is 0 Å². The number of nitrogens with two attached hydrogens (primary N) is 1. The van der Waals surface area contributed by atoms with Crippen molar-refractivity contribution in [3.8, 4) is 5.75 Å². The van der Waals surface area contributed by atoms with E-state index in [-0.39, 0.29) is 11.9 Å². The van der Waals surface area contributed by atoms with Crippen LogP contribution in [0.25, 0.3) is 0 Å². The predicted molar refractivity (Wildman–Crippen MR) is 66.6 cm³/mol. The molecule has 1 aromatic rings. The molecule has 2 N–H and O–H groups in total. The van der Waals surface area contributed by atoms with Gasteiger partial charge in [-0.3, -0.25) is 0 Å². The lowest BCUT2D eigenvalue weighted by Gasteiger charge is -2.13. The van der Waals surface area contributed by atoms with Crippen molar-refractivity contribution >= 4 is 0 Å². The molecule has 94 valence electrons. The van der Waals surface area contributed by atoms with E-state index < -0.39 is 0 Å². The summed E-state index contributed by atoms with van der Waals surface area (Å²) in [5.74, 6) is 0.919. The SMILES string of the molecule is CC(N)Cc1cccc(F)c1OCCC1CC1. The number of para-hydroxylation sites is 1. The third kappa shape index (κ3) is 3.70. The summed E-state index contributed by atoms with van der Waals surface area (Å²) >= 11 is 0. The van der Waals surface area contributed by atoms with Crippen LogP contribution in [0.2, 0.25) is 0 Å². The summed E-state index contributed by atoms with van der Waals surface area (Å²) < 4.78 is 19.3. The minimum Gasteiger partial charge on any atom is -0.490 e. The van der Waals surface area contributed by atoms with Gasteiger partial charge in [-0.2, -0.15) is 0 Å². The molecule has 0 aromatic heterocycles. The van der Waals surface area contributed by atoms with Gasteiger partial charge in [0.15, 0.2) is 11.6 Å². The molecule has 0 amide bonds. The lowest BCUT2D eigenvalue weighted by Crippen LogP contribution is -2.18. The van der Waals surface area contributed by atoms with E-state index in [1.165, 1.54) is 18.9 Å². The Morgan fingerprint density at radius 2 is 2.24 bits per heavy atom. The fraction of sp³-hybridized carbons (Fsp3) is 0.571. The van der Waals surface area contributed by atoms with Crippen LogP contribution in [0.5, 0.6) is 5.75 Å². The highest BCUT2D eigenvalue weighted by atomic mass is 19.1. The molecule has 0 bridgehead atoms. The minimum atomic E-state index is -0.279. The Bertz CT molecular complexity index is 374. The van der Waals surface area contributed by atoms with Crippen molar-refractivity contribution in [2.24, 2.45) is 11.7 Å². The lowest BCUT2D eigenvalue weighted by atomic mass is 10.1. The number of hydrogen-bond donors (Lipinski definition) is 1. The fourth-order valence-corrected chi connectivity index (χ4v) is 1.96. The van der Waals surface area contributed by atoms with E-state index >= 15 is 0 Å². The highest BCUT2D eigenvalue weighted by Crippen LogP contribution is 2.33. The molecule has 1 aromatic carbocycles. The smallest absolute Gasteiger partial charge is 0.165 e. The summed E-state index contributed by atoms with van der Waals surface area (Å²) in [6.45, 7) is 2.52. The third-order valence-electron chi connectivity index (χ3n) is 3.06. The van der Waals surface area contributed by atoms with Gasteiger partial charge in [0.1, 0.15) is 0 Å². The Hall–Kier alpha value is -1.09. The van der Waals surface area contributed by atoms with E-state index in [9.17, 15) is 4.39 Å². The van der Waals surface area contributed by atoms with Crippen LogP contribution in [-0.4, -0.2) is 12.6 Å². The van der Waals surface area contributed by atoms with Crippen LogP contribution in [-0.2, 0) is 6.42 Å². The molecule has 1 aliphatic carbocycles. The Balaban J connectivity index is 2.00. The molecule has 0 saturated heterocycles. The summed E-state index contributed by atoms with van der Waals surface area (Å²) in [5, 5.41) is 0. The molecule has 1 unspecified atom stereocenters. The highest BCUT2D eigenvalue weighted by molar-refractivity contribution is 5.35. The lowest BCUT2D eigenvalue weighted by molar-refractivity contribution is 0.284. The second kappa shape index (κ2) is 5.50. The van der Waals surface area contributed by atoms with Gasteiger partial charge in [-0.25, -0.2) is 4.39 Å². The molecule has 1 saturated carbocycles. The van der Waals surface area contributed by atoms with E-state index in [0.717, 1.165) is 17.9 Å². The third-order valence-corrected chi connectivity index (χ3v) is 3.06. The van der Waals surface area contributed by atoms with Crippen molar-refractivity contribution in [3.05, 3.63) is 29.6 Å². The first-order valence-corrected chi connectivity index (χ1v) is 6.32. The summed E-state index contributed by atoms with van der Waals surface area (Å²) in [6.07, 6.45) is 4.28. The Morgan fingerprint density at radius 3 is 2.88 bits per heavy atom. The van der Waals surface area contributed by atoms with Crippen molar-refractivity contribution in [2.45, 2.75) is 38.6 Å². The molecule has 1 fully saturated rings. The molecular weight excluding hydrogens is 217 g/mol. The first-order chi connectivity index (χ1) is 8.16. The van der Waals surface area contributed by atoms with Gasteiger partial charge < -0.3 is 10.5 Å². The van der Waals surface area contributed by atoms with Gasteiger partial charge in [0.25, 0.3) is 0 Å². The molecule has 0 radical (unpaired) electrons.